The Bertz CT molecular complexity index is 792. The highest BCUT2D eigenvalue weighted by atomic mass is 79.9. The van der Waals surface area contributed by atoms with Crippen molar-refractivity contribution in [1.29, 1.82) is 5.26 Å². The zero-order valence-corrected chi connectivity index (χ0v) is 14.2. The number of anilines is 1. The van der Waals surface area contributed by atoms with Crippen LogP contribution in [0.4, 0.5) is 5.69 Å². The van der Waals surface area contributed by atoms with Gasteiger partial charge in [0.25, 0.3) is 0 Å². The quantitative estimate of drug-likeness (QED) is 0.862. The van der Waals surface area contributed by atoms with Gasteiger partial charge in [0, 0.05) is 23.8 Å². The summed E-state index contributed by atoms with van der Waals surface area (Å²) in [5, 5.41) is 15.3. The number of carbonyl (C=O) groups excluding carboxylic acids is 1. The molecule has 7 heteroatoms. The number of aryl methyl sites for hydroxylation is 2. The van der Waals surface area contributed by atoms with E-state index >= 15 is 0 Å². The second kappa shape index (κ2) is 6.52. The first kappa shape index (κ1) is 15.7. The lowest BCUT2D eigenvalue weighted by Crippen LogP contribution is -2.39. The monoisotopic (exact) mass is 373 g/mol. The molecular weight excluding hydrogens is 358 g/mol. The molecule has 1 aromatic carbocycles. The molecule has 2 heterocycles. The third-order valence-electron chi connectivity index (χ3n) is 4.02. The molecule has 2 N–H and O–H groups in total. The summed E-state index contributed by atoms with van der Waals surface area (Å²) in [4.78, 5) is 16.4. The normalized spacial score (nSPS) is 17.1. The van der Waals surface area contributed by atoms with Gasteiger partial charge in [0.05, 0.1) is 18.1 Å². The van der Waals surface area contributed by atoms with Crippen LogP contribution in [0.5, 0.6) is 0 Å². The van der Waals surface area contributed by atoms with Crippen molar-refractivity contribution in [2.45, 2.75) is 25.4 Å². The Morgan fingerprint density at radius 1 is 1.57 bits per heavy atom. The SMILES string of the molecule is Cn1cnc(C#N)c1CNC1CCc2cc(Br)ccc2NC1=O. The van der Waals surface area contributed by atoms with E-state index in [1.54, 1.807) is 10.9 Å². The first-order valence-electron chi connectivity index (χ1n) is 7.31. The Kier molecular flexibility index (Phi) is 4.46. The predicted molar refractivity (Wildman–Crippen MR) is 89.6 cm³/mol. The van der Waals surface area contributed by atoms with Crippen LogP contribution in [0, 0.1) is 11.3 Å². The van der Waals surface area contributed by atoms with Gasteiger partial charge in [-0.25, -0.2) is 4.98 Å². The van der Waals surface area contributed by atoms with E-state index in [1.807, 2.05) is 25.2 Å². The number of carbonyl (C=O) groups is 1. The maximum Gasteiger partial charge on any atom is 0.241 e. The highest BCUT2D eigenvalue weighted by molar-refractivity contribution is 9.10. The molecular formula is C16H16BrN5O. The van der Waals surface area contributed by atoms with Gasteiger partial charge in [0.1, 0.15) is 6.07 Å². The second-order valence-electron chi connectivity index (χ2n) is 5.53. The number of halogens is 1. The topological polar surface area (TPSA) is 82.7 Å². The van der Waals surface area contributed by atoms with Crippen LogP contribution in [0.25, 0.3) is 0 Å². The number of benzene rings is 1. The fourth-order valence-corrected chi connectivity index (χ4v) is 3.12. The van der Waals surface area contributed by atoms with E-state index in [0.717, 1.165) is 27.8 Å². The Hall–Kier alpha value is -2.17. The van der Waals surface area contributed by atoms with Crippen molar-refractivity contribution >= 4 is 27.5 Å². The van der Waals surface area contributed by atoms with E-state index in [2.05, 4.69) is 37.6 Å². The van der Waals surface area contributed by atoms with Crippen molar-refractivity contribution in [2.24, 2.45) is 7.05 Å². The lowest BCUT2D eigenvalue weighted by Gasteiger charge is -2.15. The van der Waals surface area contributed by atoms with Gasteiger partial charge >= 0.3 is 0 Å². The Labute approximate surface area is 142 Å². The molecule has 23 heavy (non-hydrogen) atoms. The summed E-state index contributed by atoms with van der Waals surface area (Å²) in [6, 6.07) is 7.63. The van der Waals surface area contributed by atoms with Crippen LogP contribution in [0.2, 0.25) is 0 Å². The van der Waals surface area contributed by atoms with Crippen molar-refractivity contribution in [3.8, 4) is 6.07 Å². The highest BCUT2D eigenvalue weighted by Gasteiger charge is 2.24. The first-order chi connectivity index (χ1) is 11.1. The minimum absolute atomic E-state index is 0.0493. The molecule has 1 amide bonds. The number of hydrogen-bond donors (Lipinski definition) is 2. The van der Waals surface area contributed by atoms with Crippen molar-refractivity contribution < 1.29 is 4.79 Å². The van der Waals surface area contributed by atoms with Crippen LogP contribution in [-0.2, 0) is 24.8 Å². The number of amides is 1. The van der Waals surface area contributed by atoms with Crippen molar-refractivity contribution in [1.82, 2.24) is 14.9 Å². The van der Waals surface area contributed by atoms with Crippen LogP contribution in [-0.4, -0.2) is 21.5 Å². The number of nitrogens with one attached hydrogen (secondary N) is 2. The van der Waals surface area contributed by atoms with Crippen molar-refractivity contribution in [2.75, 3.05) is 5.32 Å². The fraction of sp³-hybridized carbons (Fsp3) is 0.312. The molecule has 6 nitrogen and oxygen atoms in total. The smallest absolute Gasteiger partial charge is 0.241 e. The summed E-state index contributed by atoms with van der Waals surface area (Å²) in [5.74, 6) is -0.0493. The summed E-state index contributed by atoms with van der Waals surface area (Å²) >= 11 is 3.46. The molecule has 0 aliphatic carbocycles. The van der Waals surface area contributed by atoms with Crippen LogP contribution >= 0.6 is 15.9 Å². The van der Waals surface area contributed by atoms with E-state index < -0.39 is 0 Å². The maximum atomic E-state index is 12.4. The van der Waals surface area contributed by atoms with Gasteiger partial charge in [0.2, 0.25) is 5.91 Å². The van der Waals surface area contributed by atoms with Gasteiger partial charge in [0.15, 0.2) is 5.69 Å². The van der Waals surface area contributed by atoms with Crippen molar-refractivity contribution in [3.63, 3.8) is 0 Å². The minimum atomic E-state index is -0.303. The maximum absolute atomic E-state index is 12.4. The summed E-state index contributed by atoms with van der Waals surface area (Å²) in [5.41, 5.74) is 3.15. The molecule has 0 saturated carbocycles. The standard InChI is InChI=1S/C16H16BrN5O/c1-22-9-20-14(7-18)15(22)8-19-13-4-2-10-6-11(17)3-5-12(10)21-16(13)23/h3,5-6,9,13,19H,2,4,8H2,1H3,(H,21,23). The van der Waals surface area contributed by atoms with Gasteiger partial charge in [-0.15, -0.1) is 0 Å². The molecule has 1 aliphatic rings. The van der Waals surface area contributed by atoms with E-state index in [9.17, 15) is 4.79 Å². The molecule has 1 aromatic heterocycles. The first-order valence-corrected chi connectivity index (χ1v) is 8.10. The average molecular weight is 374 g/mol. The molecule has 2 aromatic rings. The summed E-state index contributed by atoms with van der Waals surface area (Å²) in [7, 11) is 1.84. The van der Waals surface area contributed by atoms with Crippen molar-refractivity contribution in [3.05, 3.63) is 46.0 Å². The number of nitrogens with zero attached hydrogens (tertiary/aromatic N) is 3. The number of aromatic nitrogens is 2. The summed E-state index contributed by atoms with van der Waals surface area (Å²) in [6.07, 6.45) is 3.12. The molecule has 0 spiro atoms. The average Bonchev–Trinajstić information content (AvgIpc) is 2.81. The van der Waals surface area contributed by atoms with E-state index in [4.69, 9.17) is 5.26 Å². The van der Waals surface area contributed by atoms with Gasteiger partial charge < -0.3 is 15.2 Å². The highest BCUT2D eigenvalue weighted by Crippen LogP contribution is 2.25. The predicted octanol–water partition coefficient (Wildman–Crippen LogP) is 2.10. The molecule has 0 bridgehead atoms. The van der Waals surface area contributed by atoms with E-state index in [-0.39, 0.29) is 11.9 Å². The largest absolute Gasteiger partial charge is 0.335 e. The molecule has 0 radical (unpaired) electrons. The molecule has 3 rings (SSSR count). The number of hydrogen-bond acceptors (Lipinski definition) is 4. The second-order valence-corrected chi connectivity index (χ2v) is 6.44. The number of fused-ring (bicyclic) bond motifs is 1. The van der Waals surface area contributed by atoms with Crippen LogP contribution in [0.3, 0.4) is 0 Å². The number of imidazole rings is 1. The molecule has 118 valence electrons. The number of nitriles is 1. The Morgan fingerprint density at radius 2 is 2.39 bits per heavy atom. The summed E-state index contributed by atoms with van der Waals surface area (Å²) < 4.78 is 2.80. The molecule has 1 atom stereocenters. The third kappa shape index (κ3) is 3.28. The van der Waals surface area contributed by atoms with Gasteiger partial charge in [-0.1, -0.05) is 15.9 Å². The minimum Gasteiger partial charge on any atom is -0.335 e. The third-order valence-corrected chi connectivity index (χ3v) is 4.52. The fourth-order valence-electron chi connectivity index (χ4n) is 2.71. The van der Waals surface area contributed by atoms with Gasteiger partial charge in [-0.2, -0.15) is 5.26 Å². The molecule has 0 saturated heterocycles. The van der Waals surface area contributed by atoms with E-state index in [1.165, 1.54) is 0 Å². The Balaban J connectivity index is 1.72. The van der Waals surface area contributed by atoms with Crippen LogP contribution < -0.4 is 10.6 Å². The van der Waals surface area contributed by atoms with E-state index in [0.29, 0.717) is 18.7 Å². The number of rotatable bonds is 3. The molecule has 0 fully saturated rings. The molecule has 1 unspecified atom stereocenters. The van der Waals surface area contributed by atoms with Gasteiger partial charge in [-0.3, -0.25) is 4.79 Å². The lowest BCUT2D eigenvalue weighted by atomic mass is 10.1. The zero-order valence-electron chi connectivity index (χ0n) is 12.6. The summed E-state index contributed by atoms with van der Waals surface area (Å²) in [6.45, 7) is 0.428. The molecule has 1 aliphatic heterocycles. The Morgan fingerprint density at radius 3 is 3.17 bits per heavy atom. The van der Waals surface area contributed by atoms with Crippen LogP contribution in [0.1, 0.15) is 23.4 Å². The van der Waals surface area contributed by atoms with Gasteiger partial charge in [-0.05, 0) is 36.6 Å². The zero-order chi connectivity index (χ0) is 16.4. The van der Waals surface area contributed by atoms with Crippen LogP contribution in [0.15, 0.2) is 29.0 Å². The lowest BCUT2D eigenvalue weighted by molar-refractivity contribution is -0.118.